The Morgan fingerprint density at radius 3 is 2.80 bits per heavy atom. The van der Waals surface area contributed by atoms with Crippen molar-refractivity contribution in [3.63, 3.8) is 0 Å². The molecule has 0 aliphatic heterocycles. The SMILES string of the molecule is CC1=CC(C=O)CC(C)=C1. The van der Waals surface area contributed by atoms with Gasteiger partial charge in [-0.3, -0.25) is 0 Å². The molecule has 0 heterocycles. The second-order valence-corrected chi connectivity index (χ2v) is 2.91. The average Bonchev–Trinajstić information content (AvgIpc) is 1.85. The Hall–Kier alpha value is -0.850. The molecule has 0 radical (unpaired) electrons. The van der Waals surface area contributed by atoms with Crippen LogP contribution in [0, 0.1) is 5.92 Å². The van der Waals surface area contributed by atoms with Crippen molar-refractivity contribution in [2.75, 3.05) is 0 Å². The topological polar surface area (TPSA) is 17.1 Å². The van der Waals surface area contributed by atoms with Crippen molar-refractivity contribution >= 4 is 6.29 Å². The van der Waals surface area contributed by atoms with Gasteiger partial charge in [0, 0.05) is 5.92 Å². The van der Waals surface area contributed by atoms with Crippen LogP contribution in [0.3, 0.4) is 0 Å². The zero-order valence-electron chi connectivity index (χ0n) is 6.42. The summed E-state index contributed by atoms with van der Waals surface area (Å²) in [7, 11) is 0. The number of rotatable bonds is 1. The molecule has 1 atom stereocenters. The van der Waals surface area contributed by atoms with Gasteiger partial charge in [-0.1, -0.05) is 23.3 Å². The molecule has 1 unspecified atom stereocenters. The van der Waals surface area contributed by atoms with Crippen LogP contribution in [0.5, 0.6) is 0 Å². The Labute approximate surface area is 61.4 Å². The van der Waals surface area contributed by atoms with Crippen LogP contribution in [0.25, 0.3) is 0 Å². The van der Waals surface area contributed by atoms with Gasteiger partial charge in [0.2, 0.25) is 0 Å². The van der Waals surface area contributed by atoms with E-state index in [4.69, 9.17) is 0 Å². The van der Waals surface area contributed by atoms with Crippen molar-refractivity contribution in [2.24, 2.45) is 5.92 Å². The molecule has 0 amide bonds. The second kappa shape index (κ2) is 2.82. The molecule has 10 heavy (non-hydrogen) atoms. The fraction of sp³-hybridized carbons (Fsp3) is 0.444. The highest BCUT2D eigenvalue weighted by molar-refractivity contribution is 5.59. The maximum atomic E-state index is 10.4. The monoisotopic (exact) mass is 136 g/mol. The van der Waals surface area contributed by atoms with Gasteiger partial charge >= 0.3 is 0 Å². The van der Waals surface area contributed by atoms with Crippen molar-refractivity contribution in [2.45, 2.75) is 20.3 Å². The first kappa shape index (κ1) is 7.26. The minimum Gasteiger partial charge on any atom is -0.303 e. The van der Waals surface area contributed by atoms with Gasteiger partial charge in [0.1, 0.15) is 6.29 Å². The summed E-state index contributed by atoms with van der Waals surface area (Å²) in [6.45, 7) is 4.09. The van der Waals surface area contributed by atoms with E-state index in [-0.39, 0.29) is 5.92 Å². The molecule has 1 rings (SSSR count). The van der Waals surface area contributed by atoms with Gasteiger partial charge in [-0.2, -0.15) is 0 Å². The molecule has 1 heteroatoms. The van der Waals surface area contributed by atoms with Gasteiger partial charge in [-0.05, 0) is 20.3 Å². The van der Waals surface area contributed by atoms with Gasteiger partial charge in [-0.25, -0.2) is 0 Å². The summed E-state index contributed by atoms with van der Waals surface area (Å²) >= 11 is 0. The summed E-state index contributed by atoms with van der Waals surface area (Å²) in [6, 6.07) is 0. The normalized spacial score (nSPS) is 25.2. The van der Waals surface area contributed by atoms with Crippen molar-refractivity contribution in [3.8, 4) is 0 Å². The molecule has 1 nitrogen and oxygen atoms in total. The van der Waals surface area contributed by atoms with Crippen LogP contribution < -0.4 is 0 Å². The minimum atomic E-state index is 0.130. The molecule has 0 saturated carbocycles. The smallest absolute Gasteiger partial charge is 0.127 e. The molecule has 0 aromatic heterocycles. The lowest BCUT2D eigenvalue weighted by atomic mass is 9.93. The summed E-state index contributed by atoms with van der Waals surface area (Å²) in [6.07, 6.45) is 6.06. The van der Waals surface area contributed by atoms with Gasteiger partial charge in [0.05, 0.1) is 0 Å². The van der Waals surface area contributed by atoms with E-state index < -0.39 is 0 Å². The largest absolute Gasteiger partial charge is 0.303 e. The molecule has 1 aliphatic rings. The molecular formula is C9H12O. The Bertz CT molecular complexity index is 199. The van der Waals surface area contributed by atoms with E-state index in [1.807, 2.05) is 13.0 Å². The molecule has 0 aromatic rings. The molecule has 0 bridgehead atoms. The summed E-state index contributed by atoms with van der Waals surface area (Å²) in [4.78, 5) is 10.4. The van der Waals surface area contributed by atoms with E-state index in [9.17, 15) is 4.79 Å². The van der Waals surface area contributed by atoms with Crippen LogP contribution in [0.2, 0.25) is 0 Å². The molecule has 0 N–H and O–H groups in total. The fourth-order valence-corrected chi connectivity index (χ4v) is 1.35. The Kier molecular flexibility index (Phi) is 2.05. The van der Waals surface area contributed by atoms with E-state index in [1.54, 1.807) is 0 Å². The highest BCUT2D eigenvalue weighted by Crippen LogP contribution is 2.19. The number of carbonyl (C=O) groups excluding carboxylic acids is 1. The Morgan fingerprint density at radius 2 is 2.30 bits per heavy atom. The van der Waals surface area contributed by atoms with E-state index in [2.05, 4.69) is 13.0 Å². The molecule has 0 aromatic carbocycles. The predicted molar refractivity (Wildman–Crippen MR) is 41.7 cm³/mol. The van der Waals surface area contributed by atoms with Crippen LogP contribution in [-0.4, -0.2) is 6.29 Å². The molecule has 0 fully saturated rings. The van der Waals surface area contributed by atoms with Crippen molar-refractivity contribution < 1.29 is 4.79 Å². The first-order valence-corrected chi connectivity index (χ1v) is 3.53. The molecular weight excluding hydrogens is 124 g/mol. The first-order chi connectivity index (χ1) is 4.72. The summed E-state index contributed by atoms with van der Waals surface area (Å²) in [5.74, 6) is 0.130. The molecule has 0 spiro atoms. The maximum absolute atomic E-state index is 10.4. The van der Waals surface area contributed by atoms with Gasteiger partial charge < -0.3 is 4.79 Å². The van der Waals surface area contributed by atoms with E-state index in [0.29, 0.717) is 0 Å². The summed E-state index contributed by atoms with van der Waals surface area (Å²) in [5, 5.41) is 0. The van der Waals surface area contributed by atoms with Gasteiger partial charge in [0.25, 0.3) is 0 Å². The zero-order valence-corrected chi connectivity index (χ0v) is 6.42. The van der Waals surface area contributed by atoms with Gasteiger partial charge in [-0.15, -0.1) is 0 Å². The van der Waals surface area contributed by atoms with Gasteiger partial charge in [0.15, 0.2) is 0 Å². The molecule has 0 saturated heterocycles. The first-order valence-electron chi connectivity index (χ1n) is 3.53. The van der Waals surface area contributed by atoms with E-state index in [1.165, 1.54) is 11.1 Å². The van der Waals surface area contributed by atoms with Crippen LogP contribution in [0.1, 0.15) is 20.3 Å². The number of allylic oxidation sites excluding steroid dienone is 4. The number of carbonyl (C=O) groups is 1. The quantitative estimate of drug-likeness (QED) is 0.504. The summed E-state index contributed by atoms with van der Waals surface area (Å²) < 4.78 is 0. The Balaban J connectivity index is 2.76. The average molecular weight is 136 g/mol. The predicted octanol–water partition coefficient (Wildman–Crippen LogP) is 2.10. The molecule has 54 valence electrons. The zero-order chi connectivity index (χ0) is 7.56. The van der Waals surface area contributed by atoms with E-state index in [0.717, 1.165) is 12.7 Å². The second-order valence-electron chi connectivity index (χ2n) is 2.91. The Morgan fingerprint density at radius 1 is 1.60 bits per heavy atom. The van der Waals surface area contributed by atoms with Crippen LogP contribution in [0.15, 0.2) is 23.3 Å². The van der Waals surface area contributed by atoms with Crippen LogP contribution >= 0.6 is 0 Å². The number of hydrogen-bond acceptors (Lipinski definition) is 1. The van der Waals surface area contributed by atoms with Crippen LogP contribution in [0.4, 0.5) is 0 Å². The third-order valence-corrected chi connectivity index (χ3v) is 1.68. The van der Waals surface area contributed by atoms with E-state index >= 15 is 0 Å². The summed E-state index contributed by atoms with van der Waals surface area (Å²) in [5.41, 5.74) is 2.51. The van der Waals surface area contributed by atoms with Crippen molar-refractivity contribution in [1.82, 2.24) is 0 Å². The lowest BCUT2D eigenvalue weighted by molar-refractivity contribution is -0.109. The lowest BCUT2D eigenvalue weighted by Gasteiger charge is -2.12. The molecule has 1 aliphatic carbocycles. The van der Waals surface area contributed by atoms with Crippen molar-refractivity contribution in [3.05, 3.63) is 23.3 Å². The lowest BCUT2D eigenvalue weighted by Crippen LogP contribution is -2.03. The maximum Gasteiger partial charge on any atom is 0.127 e. The third-order valence-electron chi connectivity index (χ3n) is 1.68. The van der Waals surface area contributed by atoms with Crippen LogP contribution in [-0.2, 0) is 4.79 Å². The highest BCUT2D eigenvalue weighted by Gasteiger charge is 2.08. The highest BCUT2D eigenvalue weighted by atomic mass is 16.1. The number of hydrogen-bond donors (Lipinski definition) is 0. The third kappa shape index (κ3) is 1.56. The minimum absolute atomic E-state index is 0.130. The van der Waals surface area contributed by atoms with Crippen molar-refractivity contribution in [1.29, 1.82) is 0 Å². The number of aldehydes is 1. The fourth-order valence-electron chi connectivity index (χ4n) is 1.35. The standard InChI is InChI=1S/C9H12O/c1-7-3-8(2)5-9(4-7)6-10/h3-4,6,9H,5H2,1-2H3.